The normalized spacial score (nSPS) is 25.4. The maximum Gasteiger partial charge on any atom is 0.315 e. The van der Waals surface area contributed by atoms with Crippen LogP contribution in [0, 0.1) is 28.6 Å². The van der Waals surface area contributed by atoms with Crippen LogP contribution in [0.1, 0.15) is 99.8 Å². The lowest BCUT2D eigenvalue weighted by Crippen LogP contribution is -2.64. The zero-order valence-electron chi connectivity index (χ0n) is 30.8. The van der Waals surface area contributed by atoms with E-state index in [9.17, 15) is 36.8 Å². The van der Waals surface area contributed by atoms with E-state index in [-0.39, 0.29) is 36.3 Å². The molecule has 14 heteroatoms. The summed E-state index contributed by atoms with van der Waals surface area (Å²) in [5.74, 6) is -2.87. The highest BCUT2D eigenvalue weighted by Gasteiger charge is 2.70. The fraction of sp³-hybridized carbons (Fsp3) is 0.806. The average Bonchev–Trinajstić information content (AvgIpc) is 3.88. The summed E-state index contributed by atoms with van der Waals surface area (Å²) in [6.07, 6.45) is 6.66. The van der Waals surface area contributed by atoms with Crippen LogP contribution in [0.15, 0.2) is 12.7 Å². The number of ketones is 1. The van der Waals surface area contributed by atoms with Gasteiger partial charge in [0.25, 0.3) is 5.91 Å². The van der Waals surface area contributed by atoms with Crippen LogP contribution in [-0.4, -0.2) is 96.8 Å². The van der Waals surface area contributed by atoms with E-state index >= 15 is 0 Å². The lowest BCUT2D eigenvalue weighted by atomic mass is 9.83. The summed E-state index contributed by atoms with van der Waals surface area (Å²) in [5.41, 5.74) is -2.17. The lowest BCUT2D eigenvalue weighted by Gasteiger charge is -2.41. The predicted molar refractivity (Wildman–Crippen MR) is 188 cm³/mol. The Labute approximate surface area is 296 Å². The molecule has 0 aromatic carbocycles. The Balaban J connectivity index is 1.55. The summed E-state index contributed by atoms with van der Waals surface area (Å²) in [7, 11) is -3.95. The van der Waals surface area contributed by atoms with E-state index in [1.54, 1.807) is 20.8 Å². The summed E-state index contributed by atoms with van der Waals surface area (Å²) in [5, 5.41) is 11.0. The van der Waals surface area contributed by atoms with Crippen molar-refractivity contribution in [3.63, 3.8) is 0 Å². The minimum Gasteiger partial charge on any atom is -0.346 e. The first kappa shape index (κ1) is 39.8. The first-order valence-electron chi connectivity index (χ1n) is 18.0. The Bertz CT molecular complexity index is 1460. The average molecular weight is 724 g/mol. The number of likely N-dealkylation sites (tertiary alicyclic amines) is 1. The monoisotopic (exact) mass is 723 g/mol. The zero-order chi connectivity index (χ0) is 37.4. The van der Waals surface area contributed by atoms with Crippen LogP contribution >= 0.6 is 0 Å². The number of nitrogens with zero attached hydrogens (tertiary/aromatic N) is 1. The maximum absolute atomic E-state index is 14.5. The number of fused-ring (bicyclic) bond motifs is 1. The number of alkyl halides is 1. The second-order valence-electron chi connectivity index (χ2n) is 17.4. The molecule has 3 saturated carbocycles. The molecule has 1 aliphatic heterocycles. The molecule has 1 saturated heterocycles. The number of hydrogen-bond acceptors (Lipinski definition) is 7. The van der Waals surface area contributed by atoms with Crippen molar-refractivity contribution in [3.05, 3.63) is 12.7 Å². The number of carbonyl (C=O) groups excluding carboxylic acids is 5. The molecule has 0 unspecified atom stereocenters. The Morgan fingerprint density at radius 3 is 2.16 bits per heavy atom. The van der Waals surface area contributed by atoms with Gasteiger partial charge in [-0.25, -0.2) is 17.6 Å². The third kappa shape index (κ3) is 8.53. The topological polar surface area (TPSA) is 171 Å². The minimum absolute atomic E-state index is 0.0275. The molecule has 4 N–H and O–H groups in total. The Hall–Kier alpha value is -3.03. The molecule has 3 aliphatic carbocycles. The molecular formula is C36H58FN5O7S. The number of carbonyl (C=O) groups is 5. The molecular weight excluding hydrogens is 665 g/mol. The first-order chi connectivity index (χ1) is 23.1. The fourth-order valence-electron chi connectivity index (χ4n) is 7.80. The van der Waals surface area contributed by atoms with Crippen molar-refractivity contribution in [2.75, 3.05) is 25.5 Å². The van der Waals surface area contributed by atoms with E-state index in [0.29, 0.717) is 32.1 Å². The molecule has 5 atom stereocenters. The maximum atomic E-state index is 14.5. The van der Waals surface area contributed by atoms with Crippen LogP contribution in [0.25, 0.3) is 0 Å². The third-order valence-electron chi connectivity index (χ3n) is 11.5. The largest absolute Gasteiger partial charge is 0.346 e. The van der Waals surface area contributed by atoms with Gasteiger partial charge < -0.3 is 26.2 Å². The van der Waals surface area contributed by atoms with Crippen molar-refractivity contribution >= 4 is 39.4 Å². The van der Waals surface area contributed by atoms with E-state index in [4.69, 9.17) is 0 Å². The smallest absolute Gasteiger partial charge is 0.315 e. The van der Waals surface area contributed by atoms with Gasteiger partial charge >= 0.3 is 6.03 Å². The Kier molecular flexibility index (Phi) is 11.6. The summed E-state index contributed by atoms with van der Waals surface area (Å²) in [4.78, 5) is 69.5. The summed E-state index contributed by atoms with van der Waals surface area (Å²) in [6, 6.07) is -3.75. The highest BCUT2D eigenvalue weighted by Crippen LogP contribution is 2.65. The highest BCUT2D eigenvalue weighted by atomic mass is 32.2. The molecule has 4 aliphatic rings. The number of halogens is 1. The van der Waals surface area contributed by atoms with Crippen LogP contribution in [0.2, 0.25) is 0 Å². The standard InChI is InChI=1S/C36H58FN5O7S/c1-9-17-38-30(45)27(43)24(18-22-13-14-22)39-29(44)26-25-23(35(25,7)8)19-42(26)31(46)28(33(2,3)4)40-32(47)41-36(15-11-10-12-16-36)21-50(48,49)34(5,6)20-37/h9,22-26,28H,1,10-21H2,2-8H3,(H,38,45)(H,39,44)(H2,40,41,47)/t23-,24-,25-,26-,28+/m0/s1. The van der Waals surface area contributed by atoms with Gasteiger partial charge in [-0.05, 0) is 61.7 Å². The van der Waals surface area contributed by atoms with E-state index < -0.39 is 85.6 Å². The van der Waals surface area contributed by atoms with Crippen LogP contribution in [0.5, 0.6) is 0 Å². The predicted octanol–water partition coefficient (Wildman–Crippen LogP) is 3.21. The van der Waals surface area contributed by atoms with Gasteiger partial charge in [-0.15, -0.1) is 6.58 Å². The van der Waals surface area contributed by atoms with Crippen molar-refractivity contribution in [2.45, 2.75) is 128 Å². The lowest BCUT2D eigenvalue weighted by molar-refractivity contribution is -0.145. The molecule has 4 rings (SSSR count). The van der Waals surface area contributed by atoms with Gasteiger partial charge in [0.2, 0.25) is 17.6 Å². The van der Waals surface area contributed by atoms with Gasteiger partial charge in [-0.1, -0.05) is 72.8 Å². The Morgan fingerprint density at radius 2 is 1.62 bits per heavy atom. The molecule has 0 spiro atoms. The second kappa shape index (κ2) is 14.5. The molecule has 5 amide bonds. The summed E-state index contributed by atoms with van der Waals surface area (Å²) < 4.78 is 38.8. The number of urea groups is 1. The number of Topliss-reactive ketones (excluding diaryl/α,β-unsaturated/α-hetero) is 1. The number of piperidine rings is 1. The minimum atomic E-state index is -3.95. The third-order valence-corrected chi connectivity index (χ3v) is 14.2. The SMILES string of the molecule is C=CCNC(=O)C(=O)[C@H](CC1CC1)NC(=O)[C@@H]1[C@@H]2[C@H](CN1C(=O)[C@@H](NC(=O)NC1(CS(=O)(=O)C(C)(C)CF)CCCCC1)C(C)(C)C)C2(C)C. The van der Waals surface area contributed by atoms with E-state index in [2.05, 4.69) is 27.8 Å². The first-order valence-corrected chi connectivity index (χ1v) is 19.7. The quantitative estimate of drug-likeness (QED) is 0.149. The van der Waals surface area contributed by atoms with Gasteiger partial charge in [0.1, 0.15) is 18.8 Å². The molecule has 0 bridgehead atoms. The number of nitrogens with one attached hydrogen (secondary N) is 4. The number of amides is 5. The molecule has 50 heavy (non-hydrogen) atoms. The van der Waals surface area contributed by atoms with Gasteiger partial charge in [-0.3, -0.25) is 19.2 Å². The van der Waals surface area contributed by atoms with Gasteiger partial charge in [0.15, 0.2) is 9.84 Å². The molecule has 4 fully saturated rings. The van der Waals surface area contributed by atoms with Gasteiger partial charge in [-0.2, -0.15) is 0 Å². The van der Waals surface area contributed by atoms with Crippen molar-refractivity contribution in [1.29, 1.82) is 0 Å². The molecule has 12 nitrogen and oxygen atoms in total. The van der Waals surface area contributed by atoms with Gasteiger partial charge in [0.05, 0.1) is 22.1 Å². The Morgan fingerprint density at radius 1 is 1.00 bits per heavy atom. The van der Waals surface area contributed by atoms with Crippen LogP contribution < -0.4 is 21.3 Å². The van der Waals surface area contributed by atoms with Crippen molar-refractivity contribution in [3.8, 4) is 0 Å². The van der Waals surface area contributed by atoms with Gasteiger partial charge in [0, 0.05) is 13.1 Å². The molecule has 282 valence electrons. The molecule has 0 aromatic rings. The highest BCUT2D eigenvalue weighted by molar-refractivity contribution is 7.92. The fourth-order valence-corrected chi connectivity index (χ4v) is 9.44. The second-order valence-corrected chi connectivity index (χ2v) is 20.0. The van der Waals surface area contributed by atoms with Crippen molar-refractivity contribution in [1.82, 2.24) is 26.2 Å². The summed E-state index contributed by atoms with van der Waals surface area (Å²) >= 11 is 0. The van der Waals surface area contributed by atoms with Crippen LogP contribution in [-0.2, 0) is 29.0 Å². The van der Waals surface area contributed by atoms with Crippen LogP contribution in [0.4, 0.5) is 9.18 Å². The summed E-state index contributed by atoms with van der Waals surface area (Å²) in [6.45, 7) is 15.0. The molecule has 1 heterocycles. The molecule has 0 aromatic heterocycles. The number of rotatable bonds is 15. The van der Waals surface area contributed by atoms with E-state index in [1.807, 2.05) is 13.8 Å². The number of sulfone groups is 1. The zero-order valence-corrected chi connectivity index (χ0v) is 31.6. The molecule has 0 radical (unpaired) electrons. The van der Waals surface area contributed by atoms with E-state index in [1.165, 1.54) is 24.8 Å². The van der Waals surface area contributed by atoms with Crippen molar-refractivity contribution in [2.24, 2.45) is 28.6 Å². The van der Waals surface area contributed by atoms with E-state index in [0.717, 1.165) is 19.3 Å². The number of hydrogen-bond donors (Lipinski definition) is 4. The van der Waals surface area contributed by atoms with Crippen molar-refractivity contribution < 1.29 is 36.8 Å². The van der Waals surface area contributed by atoms with Crippen LogP contribution in [0.3, 0.4) is 0 Å².